The summed E-state index contributed by atoms with van der Waals surface area (Å²) < 4.78 is 52.9. The third kappa shape index (κ3) is 3.63. The molecule has 0 amide bonds. The summed E-state index contributed by atoms with van der Waals surface area (Å²) in [4.78, 5) is 0.998. The highest BCUT2D eigenvalue weighted by molar-refractivity contribution is 7.10. The molecule has 1 aromatic carbocycles. The van der Waals surface area contributed by atoms with Crippen LogP contribution in [-0.2, 0) is 6.18 Å². The maximum atomic E-state index is 13.5. The van der Waals surface area contributed by atoms with E-state index in [1.54, 1.807) is 12.3 Å². The number of benzene rings is 1. The van der Waals surface area contributed by atoms with Crippen molar-refractivity contribution < 1.29 is 17.6 Å². The van der Waals surface area contributed by atoms with Gasteiger partial charge in [-0.05, 0) is 54.2 Å². The second-order valence-corrected chi connectivity index (χ2v) is 5.83. The highest BCUT2D eigenvalue weighted by Gasteiger charge is 2.35. The number of halogens is 4. The van der Waals surface area contributed by atoms with Gasteiger partial charge in [0.1, 0.15) is 5.82 Å². The molecule has 0 fully saturated rings. The lowest BCUT2D eigenvalue weighted by molar-refractivity contribution is -0.138. The fraction of sp³-hybridized carbons (Fsp3) is 0.333. The van der Waals surface area contributed by atoms with Crippen LogP contribution in [0.25, 0.3) is 0 Å². The summed E-state index contributed by atoms with van der Waals surface area (Å²) in [7, 11) is 0. The standard InChI is InChI=1S/C15H15F4NS/c1-3-20-14(10-6-9(2)21-8-10)12-7-11(16)4-5-13(12)15(17,18)19/h4-8,14,20H,3H2,1-2H3. The van der Waals surface area contributed by atoms with Gasteiger partial charge < -0.3 is 5.32 Å². The number of thiophene rings is 1. The van der Waals surface area contributed by atoms with Crippen molar-refractivity contribution in [3.05, 3.63) is 57.0 Å². The molecule has 0 aliphatic carbocycles. The molecule has 21 heavy (non-hydrogen) atoms. The molecule has 0 saturated heterocycles. The Balaban J connectivity index is 2.56. The van der Waals surface area contributed by atoms with E-state index in [9.17, 15) is 17.6 Å². The van der Waals surface area contributed by atoms with Crippen molar-refractivity contribution in [3.63, 3.8) is 0 Å². The SMILES string of the molecule is CCNC(c1csc(C)c1)c1cc(F)ccc1C(F)(F)F. The first-order valence-electron chi connectivity index (χ1n) is 6.48. The van der Waals surface area contributed by atoms with E-state index in [1.165, 1.54) is 11.3 Å². The van der Waals surface area contributed by atoms with Gasteiger partial charge in [0, 0.05) is 4.88 Å². The summed E-state index contributed by atoms with van der Waals surface area (Å²) in [5, 5.41) is 4.81. The number of rotatable bonds is 4. The van der Waals surface area contributed by atoms with Crippen molar-refractivity contribution in [2.24, 2.45) is 0 Å². The maximum absolute atomic E-state index is 13.5. The molecule has 0 saturated carbocycles. The third-order valence-electron chi connectivity index (χ3n) is 3.12. The van der Waals surface area contributed by atoms with E-state index in [4.69, 9.17) is 0 Å². The van der Waals surface area contributed by atoms with Gasteiger partial charge in [-0.3, -0.25) is 0 Å². The predicted octanol–water partition coefficient (Wildman–Crippen LogP) is 4.91. The van der Waals surface area contributed by atoms with Gasteiger partial charge in [-0.25, -0.2) is 4.39 Å². The molecule has 1 nitrogen and oxygen atoms in total. The van der Waals surface area contributed by atoms with Crippen molar-refractivity contribution in [3.8, 4) is 0 Å². The van der Waals surface area contributed by atoms with Gasteiger partial charge in [-0.2, -0.15) is 13.2 Å². The van der Waals surface area contributed by atoms with Crippen LogP contribution >= 0.6 is 11.3 Å². The minimum Gasteiger partial charge on any atom is -0.306 e. The quantitative estimate of drug-likeness (QED) is 0.790. The Hall–Kier alpha value is -1.40. The Labute approximate surface area is 124 Å². The molecule has 0 spiro atoms. The van der Waals surface area contributed by atoms with E-state index in [2.05, 4.69) is 5.32 Å². The van der Waals surface area contributed by atoms with Crippen LogP contribution in [0, 0.1) is 12.7 Å². The minimum absolute atomic E-state index is 0.0813. The van der Waals surface area contributed by atoms with E-state index in [0.29, 0.717) is 6.54 Å². The summed E-state index contributed by atoms with van der Waals surface area (Å²) in [6.07, 6.45) is -4.51. The van der Waals surface area contributed by atoms with Gasteiger partial charge >= 0.3 is 6.18 Å². The Morgan fingerprint density at radius 3 is 2.48 bits per heavy atom. The summed E-state index contributed by atoms with van der Waals surface area (Å²) >= 11 is 1.46. The number of hydrogen-bond acceptors (Lipinski definition) is 2. The van der Waals surface area contributed by atoms with Gasteiger partial charge in [0.2, 0.25) is 0 Å². The Morgan fingerprint density at radius 1 is 1.24 bits per heavy atom. The molecule has 0 aliphatic heterocycles. The lowest BCUT2D eigenvalue weighted by Gasteiger charge is -2.22. The van der Waals surface area contributed by atoms with E-state index in [0.717, 1.165) is 28.6 Å². The van der Waals surface area contributed by atoms with Gasteiger partial charge in [-0.15, -0.1) is 11.3 Å². The Morgan fingerprint density at radius 2 is 1.95 bits per heavy atom. The van der Waals surface area contributed by atoms with Crippen molar-refractivity contribution in [1.29, 1.82) is 0 Å². The zero-order valence-electron chi connectivity index (χ0n) is 11.6. The largest absolute Gasteiger partial charge is 0.416 e. The molecule has 1 N–H and O–H groups in total. The molecule has 0 radical (unpaired) electrons. The second kappa shape index (κ2) is 6.15. The minimum atomic E-state index is -4.51. The van der Waals surface area contributed by atoms with Crippen molar-refractivity contribution in [1.82, 2.24) is 5.32 Å². The third-order valence-corrected chi connectivity index (χ3v) is 4.00. The average Bonchev–Trinajstić information content (AvgIpc) is 2.80. The number of aryl methyl sites for hydroxylation is 1. The van der Waals surface area contributed by atoms with Crippen molar-refractivity contribution in [2.45, 2.75) is 26.1 Å². The predicted molar refractivity (Wildman–Crippen MR) is 76.0 cm³/mol. The van der Waals surface area contributed by atoms with Crippen LogP contribution in [-0.4, -0.2) is 6.54 Å². The Bertz CT molecular complexity index is 618. The molecular formula is C15H15F4NS. The zero-order chi connectivity index (χ0) is 15.6. The van der Waals surface area contributed by atoms with E-state index >= 15 is 0 Å². The first-order chi connectivity index (χ1) is 9.82. The van der Waals surface area contributed by atoms with Gasteiger partial charge in [0.15, 0.2) is 0 Å². The second-order valence-electron chi connectivity index (χ2n) is 4.71. The van der Waals surface area contributed by atoms with E-state index in [-0.39, 0.29) is 5.56 Å². The molecule has 1 unspecified atom stereocenters. The molecule has 114 valence electrons. The molecule has 1 heterocycles. The maximum Gasteiger partial charge on any atom is 0.416 e. The molecule has 6 heteroatoms. The molecule has 1 atom stereocenters. The van der Waals surface area contributed by atoms with Crippen LogP contribution in [0.3, 0.4) is 0 Å². The number of nitrogens with one attached hydrogen (secondary N) is 1. The first kappa shape index (κ1) is 16.0. The van der Waals surface area contributed by atoms with Crippen LogP contribution in [0.5, 0.6) is 0 Å². The smallest absolute Gasteiger partial charge is 0.306 e. The van der Waals surface area contributed by atoms with E-state index in [1.807, 2.05) is 13.0 Å². The summed E-state index contributed by atoms with van der Waals surface area (Å²) in [5.74, 6) is -0.673. The summed E-state index contributed by atoms with van der Waals surface area (Å²) in [5.41, 5.74) is -0.170. The van der Waals surface area contributed by atoms with Gasteiger partial charge in [0.25, 0.3) is 0 Å². The fourth-order valence-corrected chi connectivity index (χ4v) is 2.99. The normalized spacial score (nSPS) is 13.4. The lowest BCUT2D eigenvalue weighted by Crippen LogP contribution is -2.25. The first-order valence-corrected chi connectivity index (χ1v) is 7.36. The van der Waals surface area contributed by atoms with Crippen LogP contribution in [0.15, 0.2) is 29.6 Å². The van der Waals surface area contributed by atoms with Crippen LogP contribution < -0.4 is 5.32 Å². The van der Waals surface area contributed by atoms with Crippen molar-refractivity contribution in [2.75, 3.05) is 6.54 Å². The average molecular weight is 317 g/mol. The van der Waals surface area contributed by atoms with Gasteiger partial charge in [-0.1, -0.05) is 6.92 Å². The Kier molecular flexibility index (Phi) is 4.68. The summed E-state index contributed by atoms with van der Waals surface area (Å²) in [6.45, 7) is 4.17. The monoisotopic (exact) mass is 317 g/mol. The lowest BCUT2D eigenvalue weighted by atomic mass is 9.95. The zero-order valence-corrected chi connectivity index (χ0v) is 12.4. The molecular weight excluding hydrogens is 302 g/mol. The van der Waals surface area contributed by atoms with Crippen LogP contribution in [0.2, 0.25) is 0 Å². The molecule has 2 aromatic rings. The highest BCUT2D eigenvalue weighted by Crippen LogP contribution is 2.37. The molecule has 0 bridgehead atoms. The highest BCUT2D eigenvalue weighted by atomic mass is 32.1. The van der Waals surface area contributed by atoms with E-state index < -0.39 is 23.6 Å². The summed E-state index contributed by atoms with van der Waals surface area (Å²) in [6, 6.07) is 3.75. The number of hydrogen-bond donors (Lipinski definition) is 1. The fourth-order valence-electron chi connectivity index (χ4n) is 2.26. The van der Waals surface area contributed by atoms with Crippen molar-refractivity contribution >= 4 is 11.3 Å². The molecule has 2 rings (SSSR count). The van der Waals surface area contributed by atoms with Crippen LogP contribution in [0.1, 0.15) is 34.5 Å². The molecule has 1 aromatic heterocycles. The molecule has 0 aliphatic rings. The number of alkyl halides is 3. The van der Waals surface area contributed by atoms with Gasteiger partial charge in [0.05, 0.1) is 11.6 Å². The van der Waals surface area contributed by atoms with Crippen LogP contribution in [0.4, 0.5) is 17.6 Å². The topological polar surface area (TPSA) is 12.0 Å².